The van der Waals surface area contributed by atoms with E-state index in [1.165, 1.54) is 0 Å². The Balaban J connectivity index is 2.70. The highest BCUT2D eigenvalue weighted by Gasteiger charge is 2.38. The van der Waals surface area contributed by atoms with Gasteiger partial charge >= 0.3 is 5.97 Å². The summed E-state index contributed by atoms with van der Waals surface area (Å²) in [5.74, 6) is -0.369. The Kier molecular flexibility index (Phi) is 2.73. The van der Waals surface area contributed by atoms with E-state index >= 15 is 0 Å². The molecule has 1 fully saturated rings. The second kappa shape index (κ2) is 3.44. The summed E-state index contributed by atoms with van der Waals surface area (Å²) in [5, 5.41) is 8.92. The molecule has 2 atom stereocenters. The number of hydrogen-bond donors (Lipinski definition) is 1. The second-order valence-corrected chi connectivity index (χ2v) is 3.95. The van der Waals surface area contributed by atoms with Crippen molar-refractivity contribution in [1.82, 2.24) is 4.90 Å². The van der Waals surface area contributed by atoms with Gasteiger partial charge in [0, 0.05) is 6.04 Å². The number of carboxylic acids is 1. The van der Waals surface area contributed by atoms with E-state index < -0.39 is 5.97 Å². The summed E-state index contributed by atoms with van der Waals surface area (Å²) in [6.45, 7) is 5.09. The molecule has 0 amide bonds. The van der Waals surface area contributed by atoms with Crippen LogP contribution in [0.3, 0.4) is 0 Å². The first kappa shape index (κ1) is 9.52. The van der Waals surface area contributed by atoms with E-state index in [1.807, 2.05) is 7.05 Å². The molecule has 3 nitrogen and oxygen atoms in total. The summed E-state index contributed by atoms with van der Waals surface area (Å²) in [6, 6.07) is 0.225. The zero-order valence-electron chi connectivity index (χ0n) is 7.95. The van der Waals surface area contributed by atoms with Gasteiger partial charge in [0.05, 0.1) is 5.92 Å². The molecule has 1 heterocycles. The highest BCUT2D eigenvalue weighted by atomic mass is 16.4. The van der Waals surface area contributed by atoms with Gasteiger partial charge in [0.25, 0.3) is 0 Å². The third-order valence-electron chi connectivity index (χ3n) is 2.71. The minimum absolute atomic E-state index is 0.157. The maximum Gasteiger partial charge on any atom is 0.308 e. The van der Waals surface area contributed by atoms with Crippen molar-refractivity contribution in [3.05, 3.63) is 0 Å². The van der Waals surface area contributed by atoms with Crippen LogP contribution in [0.1, 0.15) is 20.3 Å². The van der Waals surface area contributed by atoms with E-state index in [9.17, 15) is 4.79 Å². The lowest BCUT2D eigenvalue weighted by Crippen LogP contribution is -2.37. The van der Waals surface area contributed by atoms with Crippen molar-refractivity contribution in [2.24, 2.45) is 11.8 Å². The first-order valence-corrected chi connectivity index (χ1v) is 4.47. The minimum atomic E-state index is -0.641. The van der Waals surface area contributed by atoms with Crippen molar-refractivity contribution in [2.45, 2.75) is 26.3 Å². The number of carbonyl (C=O) groups is 1. The molecule has 70 valence electrons. The lowest BCUT2D eigenvalue weighted by molar-refractivity contribution is -0.142. The Bertz CT molecular complexity index is 179. The largest absolute Gasteiger partial charge is 0.481 e. The van der Waals surface area contributed by atoms with E-state index in [4.69, 9.17) is 5.11 Å². The summed E-state index contributed by atoms with van der Waals surface area (Å²) in [4.78, 5) is 13.0. The number of nitrogens with zero attached hydrogens (tertiary/aromatic N) is 1. The molecular formula is C9H17NO2. The Morgan fingerprint density at radius 1 is 1.58 bits per heavy atom. The van der Waals surface area contributed by atoms with Crippen LogP contribution in [-0.4, -0.2) is 35.6 Å². The standard InChI is InChI=1S/C9H17NO2/c1-6(2)8-7(9(11)12)4-5-10(8)3/h6-8H,4-5H2,1-3H3,(H,11,12)/t7-,8+/m0/s1. The molecule has 0 radical (unpaired) electrons. The molecule has 0 aromatic heterocycles. The molecule has 0 bridgehead atoms. The van der Waals surface area contributed by atoms with Gasteiger partial charge in [-0.1, -0.05) is 13.8 Å². The number of hydrogen-bond acceptors (Lipinski definition) is 2. The fourth-order valence-electron chi connectivity index (χ4n) is 2.21. The van der Waals surface area contributed by atoms with E-state index in [-0.39, 0.29) is 12.0 Å². The average Bonchev–Trinajstić information content (AvgIpc) is 2.30. The zero-order valence-corrected chi connectivity index (χ0v) is 7.95. The molecule has 1 rings (SSSR count). The highest BCUT2D eigenvalue weighted by molar-refractivity contribution is 5.71. The predicted octanol–water partition coefficient (Wildman–Crippen LogP) is 1.05. The molecule has 1 N–H and O–H groups in total. The monoisotopic (exact) mass is 171 g/mol. The van der Waals surface area contributed by atoms with Crippen molar-refractivity contribution in [2.75, 3.05) is 13.6 Å². The van der Waals surface area contributed by atoms with Gasteiger partial charge in [-0.3, -0.25) is 4.79 Å². The number of aliphatic carboxylic acids is 1. The third kappa shape index (κ3) is 1.61. The van der Waals surface area contributed by atoms with Crippen LogP contribution in [0.2, 0.25) is 0 Å². The quantitative estimate of drug-likeness (QED) is 0.675. The smallest absolute Gasteiger partial charge is 0.308 e. The second-order valence-electron chi connectivity index (χ2n) is 3.95. The van der Waals surface area contributed by atoms with Gasteiger partial charge in [-0.15, -0.1) is 0 Å². The van der Waals surface area contributed by atoms with Crippen LogP contribution in [-0.2, 0) is 4.79 Å². The average molecular weight is 171 g/mol. The Morgan fingerprint density at radius 3 is 2.50 bits per heavy atom. The number of carboxylic acid groups (broad SMARTS) is 1. The zero-order chi connectivity index (χ0) is 9.30. The molecule has 12 heavy (non-hydrogen) atoms. The Morgan fingerprint density at radius 2 is 2.17 bits per heavy atom. The highest BCUT2D eigenvalue weighted by Crippen LogP contribution is 2.28. The molecule has 0 saturated carbocycles. The van der Waals surface area contributed by atoms with Gasteiger partial charge in [-0.05, 0) is 25.9 Å². The van der Waals surface area contributed by atoms with Gasteiger partial charge in [0.1, 0.15) is 0 Å². The lowest BCUT2D eigenvalue weighted by atomic mass is 9.91. The first-order valence-electron chi connectivity index (χ1n) is 4.47. The molecule has 1 aliphatic heterocycles. The summed E-state index contributed by atoms with van der Waals surface area (Å²) >= 11 is 0. The predicted molar refractivity (Wildman–Crippen MR) is 47.0 cm³/mol. The molecule has 1 aliphatic rings. The summed E-state index contributed by atoms with van der Waals surface area (Å²) < 4.78 is 0. The van der Waals surface area contributed by atoms with E-state index in [0.29, 0.717) is 5.92 Å². The van der Waals surface area contributed by atoms with Crippen LogP contribution >= 0.6 is 0 Å². The van der Waals surface area contributed by atoms with Gasteiger partial charge in [-0.25, -0.2) is 0 Å². The lowest BCUT2D eigenvalue weighted by Gasteiger charge is -2.26. The molecule has 0 unspecified atom stereocenters. The maximum absolute atomic E-state index is 10.8. The first-order chi connectivity index (χ1) is 5.54. The van der Waals surface area contributed by atoms with Gasteiger partial charge in [-0.2, -0.15) is 0 Å². The molecule has 0 spiro atoms. The maximum atomic E-state index is 10.8. The van der Waals surface area contributed by atoms with Crippen molar-refractivity contribution in [3.63, 3.8) is 0 Å². The molecular weight excluding hydrogens is 154 g/mol. The normalized spacial score (nSPS) is 31.3. The molecule has 3 heteroatoms. The van der Waals surface area contributed by atoms with Crippen LogP contribution in [0.5, 0.6) is 0 Å². The van der Waals surface area contributed by atoms with Crippen molar-refractivity contribution in [1.29, 1.82) is 0 Å². The van der Waals surface area contributed by atoms with Crippen molar-refractivity contribution >= 4 is 5.97 Å². The van der Waals surface area contributed by atoms with E-state index in [0.717, 1.165) is 13.0 Å². The third-order valence-corrected chi connectivity index (χ3v) is 2.71. The molecule has 0 aromatic rings. The van der Waals surface area contributed by atoms with E-state index in [2.05, 4.69) is 18.7 Å². The van der Waals surface area contributed by atoms with Crippen LogP contribution < -0.4 is 0 Å². The Labute approximate surface area is 73.4 Å². The number of rotatable bonds is 2. The van der Waals surface area contributed by atoms with Crippen molar-refractivity contribution < 1.29 is 9.90 Å². The fourth-order valence-corrected chi connectivity index (χ4v) is 2.21. The van der Waals surface area contributed by atoms with Crippen LogP contribution in [0.25, 0.3) is 0 Å². The topological polar surface area (TPSA) is 40.5 Å². The number of likely N-dealkylation sites (tertiary alicyclic amines) is 1. The SMILES string of the molecule is CC(C)[C@@H]1[C@@H](C(=O)O)CCN1C. The van der Waals surface area contributed by atoms with Crippen LogP contribution in [0.4, 0.5) is 0 Å². The van der Waals surface area contributed by atoms with E-state index in [1.54, 1.807) is 0 Å². The van der Waals surface area contributed by atoms with Gasteiger partial charge in [0.2, 0.25) is 0 Å². The van der Waals surface area contributed by atoms with Crippen molar-refractivity contribution in [3.8, 4) is 0 Å². The minimum Gasteiger partial charge on any atom is -0.481 e. The summed E-state index contributed by atoms with van der Waals surface area (Å²) in [6.07, 6.45) is 0.800. The van der Waals surface area contributed by atoms with Crippen LogP contribution in [0, 0.1) is 11.8 Å². The summed E-state index contributed by atoms with van der Waals surface area (Å²) in [5.41, 5.74) is 0. The fraction of sp³-hybridized carbons (Fsp3) is 0.889. The van der Waals surface area contributed by atoms with Crippen LogP contribution in [0.15, 0.2) is 0 Å². The van der Waals surface area contributed by atoms with Gasteiger partial charge in [0.15, 0.2) is 0 Å². The summed E-state index contributed by atoms with van der Waals surface area (Å²) in [7, 11) is 2.01. The van der Waals surface area contributed by atoms with Gasteiger partial charge < -0.3 is 10.0 Å². The molecule has 0 aromatic carbocycles. The molecule has 0 aliphatic carbocycles. The molecule has 1 saturated heterocycles. The Hall–Kier alpha value is -0.570.